The van der Waals surface area contributed by atoms with Gasteiger partial charge in [0.2, 0.25) is 0 Å². The van der Waals surface area contributed by atoms with Crippen molar-refractivity contribution in [3.8, 4) is 0 Å². The zero-order valence-electron chi connectivity index (χ0n) is 15.9. The van der Waals surface area contributed by atoms with E-state index < -0.39 is 21.5 Å². The van der Waals surface area contributed by atoms with Crippen molar-refractivity contribution >= 4 is 15.9 Å². The lowest BCUT2D eigenvalue weighted by atomic mass is 9.87. The summed E-state index contributed by atoms with van der Waals surface area (Å²) in [5, 5.41) is 10.8. The number of ether oxygens (including phenoxy) is 1. The summed E-state index contributed by atoms with van der Waals surface area (Å²) in [5.74, 6) is -0.102. The van der Waals surface area contributed by atoms with Gasteiger partial charge in [0.05, 0.1) is 16.8 Å². The van der Waals surface area contributed by atoms with Crippen LogP contribution >= 0.6 is 0 Å². The first-order chi connectivity index (χ1) is 12.0. The van der Waals surface area contributed by atoms with E-state index in [0.717, 1.165) is 0 Å². The average molecular weight is 384 g/mol. The van der Waals surface area contributed by atoms with Crippen LogP contribution in [0.1, 0.15) is 52.2 Å². The number of aliphatic hydroxyl groups excluding tert-OH is 1. The third-order valence-electron chi connectivity index (χ3n) is 4.59. The Balaban J connectivity index is 2.08. The summed E-state index contributed by atoms with van der Waals surface area (Å²) in [6.45, 7) is 8.04. The number of carbonyl (C=O) groups is 1. The minimum absolute atomic E-state index is 0.00613. The van der Waals surface area contributed by atoms with Gasteiger partial charge in [0, 0.05) is 13.1 Å². The molecule has 0 unspecified atom stereocenters. The summed E-state index contributed by atoms with van der Waals surface area (Å²) in [6, 6.07) is 6.63. The number of aliphatic hydroxyl groups is 1. The van der Waals surface area contributed by atoms with E-state index in [9.17, 15) is 18.3 Å². The molecule has 1 heterocycles. The van der Waals surface area contributed by atoms with Crippen LogP contribution in [-0.2, 0) is 14.6 Å². The Morgan fingerprint density at radius 1 is 1.27 bits per heavy atom. The normalized spacial score (nSPS) is 17.8. The van der Waals surface area contributed by atoms with Gasteiger partial charge in [-0.2, -0.15) is 0 Å². The Morgan fingerprint density at radius 2 is 1.85 bits per heavy atom. The molecular weight excluding hydrogens is 354 g/mol. The first-order valence-corrected chi connectivity index (χ1v) is 10.7. The molecule has 1 amide bonds. The fourth-order valence-corrected chi connectivity index (χ4v) is 4.29. The van der Waals surface area contributed by atoms with Gasteiger partial charge >= 0.3 is 6.09 Å². The fourth-order valence-electron chi connectivity index (χ4n) is 3.14. The number of hydrogen-bond acceptors (Lipinski definition) is 5. The summed E-state index contributed by atoms with van der Waals surface area (Å²) >= 11 is 0. The van der Waals surface area contributed by atoms with Crippen LogP contribution in [0.25, 0.3) is 0 Å². The Kier molecular flexibility index (Phi) is 6.34. The first-order valence-electron chi connectivity index (χ1n) is 9.03. The smallest absolute Gasteiger partial charge is 0.410 e. The predicted molar refractivity (Wildman–Crippen MR) is 99.7 cm³/mol. The SMILES string of the molecule is CCS(=O)(=O)c1ccccc1[C@@H](O)C1CCN(C(=O)OC(C)(C)C)CC1. The second-order valence-corrected chi connectivity index (χ2v) is 9.94. The van der Waals surface area contributed by atoms with Crippen LogP contribution in [-0.4, -0.2) is 49.0 Å². The number of sulfone groups is 1. The van der Waals surface area contributed by atoms with Gasteiger partial charge in [0.1, 0.15) is 5.60 Å². The molecule has 0 spiro atoms. The van der Waals surface area contributed by atoms with Crippen molar-refractivity contribution in [3.63, 3.8) is 0 Å². The molecule has 0 bridgehead atoms. The topological polar surface area (TPSA) is 83.9 Å². The second kappa shape index (κ2) is 7.96. The molecule has 0 aromatic heterocycles. The number of carbonyl (C=O) groups excluding carboxylic acids is 1. The zero-order chi connectivity index (χ0) is 19.5. The number of amides is 1. The minimum Gasteiger partial charge on any atom is -0.444 e. The maximum absolute atomic E-state index is 12.3. The van der Waals surface area contributed by atoms with Gasteiger partial charge in [0.25, 0.3) is 0 Å². The predicted octanol–water partition coefficient (Wildman–Crippen LogP) is 3.16. The van der Waals surface area contributed by atoms with Gasteiger partial charge in [-0.1, -0.05) is 25.1 Å². The number of likely N-dealkylation sites (tertiary alicyclic amines) is 1. The van der Waals surface area contributed by atoms with E-state index in [0.29, 0.717) is 31.5 Å². The van der Waals surface area contributed by atoms with Gasteiger partial charge in [-0.3, -0.25) is 0 Å². The van der Waals surface area contributed by atoms with Crippen LogP contribution in [0.2, 0.25) is 0 Å². The maximum Gasteiger partial charge on any atom is 0.410 e. The molecule has 7 heteroatoms. The van der Waals surface area contributed by atoms with E-state index in [4.69, 9.17) is 4.74 Å². The minimum atomic E-state index is -3.40. The van der Waals surface area contributed by atoms with Crippen molar-refractivity contribution in [1.29, 1.82) is 0 Å². The summed E-state index contributed by atoms with van der Waals surface area (Å²) in [4.78, 5) is 14.0. The highest BCUT2D eigenvalue weighted by molar-refractivity contribution is 7.91. The van der Waals surface area contributed by atoms with E-state index in [1.165, 1.54) is 0 Å². The largest absolute Gasteiger partial charge is 0.444 e. The third kappa shape index (κ3) is 4.98. The molecule has 6 nitrogen and oxygen atoms in total. The first kappa shape index (κ1) is 20.7. The summed E-state index contributed by atoms with van der Waals surface area (Å²) in [7, 11) is -3.40. The molecule has 26 heavy (non-hydrogen) atoms. The third-order valence-corrected chi connectivity index (χ3v) is 6.39. The molecule has 146 valence electrons. The van der Waals surface area contributed by atoms with Crippen LogP contribution in [0, 0.1) is 5.92 Å². The molecule has 1 atom stereocenters. The molecule has 2 rings (SSSR count). The van der Waals surface area contributed by atoms with E-state index in [-0.39, 0.29) is 22.7 Å². The lowest BCUT2D eigenvalue weighted by Gasteiger charge is -2.35. The van der Waals surface area contributed by atoms with Gasteiger partial charge in [-0.15, -0.1) is 0 Å². The molecule has 1 N–H and O–H groups in total. The van der Waals surface area contributed by atoms with Gasteiger partial charge in [-0.25, -0.2) is 13.2 Å². The number of rotatable bonds is 4. The fraction of sp³-hybridized carbons (Fsp3) is 0.632. The highest BCUT2D eigenvalue weighted by Crippen LogP contribution is 2.34. The maximum atomic E-state index is 12.3. The summed E-state index contributed by atoms with van der Waals surface area (Å²) in [5.41, 5.74) is -0.0916. The van der Waals surface area contributed by atoms with Gasteiger partial charge in [0.15, 0.2) is 9.84 Å². The van der Waals surface area contributed by atoms with Crippen LogP contribution in [0.3, 0.4) is 0 Å². The van der Waals surface area contributed by atoms with Crippen molar-refractivity contribution in [2.24, 2.45) is 5.92 Å². The van der Waals surface area contributed by atoms with Crippen molar-refractivity contribution in [1.82, 2.24) is 4.90 Å². The van der Waals surface area contributed by atoms with Crippen LogP contribution < -0.4 is 0 Å². The standard InChI is InChI=1S/C19H29NO5S/c1-5-26(23,24)16-9-7-6-8-15(16)17(21)14-10-12-20(13-11-14)18(22)25-19(2,3)4/h6-9,14,17,21H,5,10-13H2,1-4H3/t17-/m0/s1. The van der Waals surface area contributed by atoms with E-state index in [1.807, 2.05) is 20.8 Å². The molecule has 1 fully saturated rings. The van der Waals surface area contributed by atoms with Crippen LogP contribution in [0.4, 0.5) is 4.79 Å². The number of hydrogen-bond donors (Lipinski definition) is 1. The second-order valence-electron chi connectivity index (χ2n) is 7.69. The van der Waals surface area contributed by atoms with E-state index >= 15 is 0 Å². The van der Waals surface area contributed by atoms with Crippen molar-refractivity contribution in [2.75, 3.05) is 18.8 Å². The van der Waals surface area contributed by atoms with Gasteiger partial charge < -0.3 is 14.7 Å². The Morgan fingerprint density at radius 3 is 2.38 bits per heavy atom. The molecule has 1 aromatic carbocycles. The number of benzene rings is 1. The molecule has 0 saturated carbocycles. The molecule has 1 saturated heterocycles. The molecular formula is C19H29NO5S. The zero-order valence-corrected chi connectivity index (χ0v) is 16.8. The monoisotopic (exact) mass is 383 g/mol. The summed E-state index contributed by atoms with van der Waals surface area (Å²) in [6.07, 6.45) is -0.0188. The number of piperidine rings is 1. The van der Waals surface area contributed by atoms with E-state index in [1.54, 1.807) is 36.1 Å². The molecule has 1 aliphatic rings. The Hall–Kier alpha value is -1.60. The summed E-state index contributed by atoms with van der Waals surface area (Å²) < 4.78 is 30.0. The average Bonchev–Trinajstić information content (AvgIpc) is 2.60. The van der Waals surface area contributed by atoms with Crippen LogP contribution in [0.5, 0.6) is 0 Å². The molecule has 0 radical (unpaired) electrons. The molecule has 1 aliphatic heterocycles. The number of nitrogens with zero attached hydrogens (tertiary/aromatic N) is 1. The highest BCUT2D eigenvalue weighted by Gasteiger charge is 2.32. The molecule has 0 aliphatic carbocycles. The Bertz CT molecular complexity index is 731. The van der Waals surface area contributed by atoms with Gasteiger partial charge in [-0.05, 0) is 51.2 Å². The van der Waals surface area contributed by atoms with Crippen molar-refractivity contribution < 1.29 is 23.1 Å². The highest BCUT2D eigenvalue weighted by atomic mass is 32.2. The molecule has 1 aromatic rings. The van der Waals surface area contributed by atoms with E-state index in [2.05, 4.69) is 0 Å². The van der Waals surface area contributed by atoms with Crippen molar-refractivity contribution in [2.45, 2.75) is 57.1 Å². The quantitative estimate of drug-likeness (QED) is 0.863. The lowest BCUT2D eigenvalue weighted by Crippen LogP contribution is -2.42. The lowest BCUT2D eigenvalue weighted by molar-refractivity contribution is 0.00734. The van der Waals surface area contributed by atoms with Crippen LogP contribution in [0.15, 0.2) is 29.2 Å². The Labute approximate surface area is 156 Å². The van der Waals surface area contributed by atoms with Crippen molar-refractivity contribution in [3.05, 3.63) is 29.8 Å².